The van der Waals surface area contributed by atoms with E-state index in [1.165, 1.54) is 6.07 Å². The number of halogens is 1. The molecule has 4 rings (SSSR count). The average Bonchev–Trinajstić information content (AvgIpc) is 2.69. The van der Waals surface area contributed by atoms with Crippen molar-refractivity contribution in [1.29, 1.82) is 0 Å². The lowest BCUT2D eigenvalue weighted by Gasteiger charge is -2.25. The minimum absolute atomic E-state index is 0.263. The van der Waals surface area contributed by atoms with E-state index in [4.69, 9.17) is 4.74 Å². The van der Waals surface area contributed by atoms with Gasteiger partial charge in [0.05, 0.1) is 7.11 Å². The molecule has 3 aromatic rings. The Hall–Kier alpha value is -2.73. The van der Waals surface area contributed by atoms with Gasteiger partial charge in [-0.3, -0.25) is 0 Å². The predicted molar refractivity (Wildman–Crippen MR) is 106 cm³/mol. The van der Waals surface area contributed by atoms with Crippen LogP contribution < -0.4 is 15.4 Å². The first kappa shape index (κ1) is 17.7. The van der Waals surface area contributed by atoms with Gasteiger partial charge in [0, 0.05) is 28.9 Å². The highest BCUT2D eigenvalue weighted by atomic mass is 19.1. The largest absolute Gasteiger partial charge is 0.496 e. The number of fused-ring (bicyclic) bond motifs is 1. The van der Waals surface area contributed by atoms with Gasteiger partial charge in [0.15, 0.2) is 5.82 Å². The van der Waals surface area contributed by atoms with E-state index >= 15 is 0 Å². The van der Waals surface area contributed by atoms with Crippen molar-refractivity contribution in [3.05, 3.63) is 47.8 Å². The quantitative estimate of drug-likeness (QED) is 0.733. The van der Waals surface area contributed by atoms with E-state index in [1.807, 2.05) is 31.2 Å². The van der Waals surface area contributed by atoms with Crippen molar-refractivity contribution in [2.75, 3.05) is 25.5 Å². The second-order valence-corrected chi connectivity index (χ2v) is 6.95. The monoisotopic (exact) mass is 366 g/mol. The topological polar surface area (TPSA) is 59.1 Å². The van der Waals surface area contributed by atoms with Crippen LogP contribution in [0.15, 0.2) is 36.4 Å². The van der Waals surface area contributed by atoms with Crippen LogP contribution in [0.4, 0.5) is 10.2 Å². The molecule has 1 saturated heterocycles. The van der Waals surface area contributed by atoms with Gasteiger partial charge in [-0.15, -0.1) is 10.2 Å². The number of methoxy groups -OCH3 is 1. The molecule has 2 N–H and O–H groups in total. The van der Waals surface area contributed by atoms with Crippen molar-refractivity contribution in [3.8, 4) is 17.0 Å². The third kappa shape index (κ3) is 3.45. The van der Waals surface area contributed by atoms with Crippen LogP contribution in [-0.4, -0.2) is 36.4 Å². The first-order valence-electron chi connectivity index (χ1n) is 9.24. The summed E-state index contributed by atoms with van der Waals surface area (Å²) in [5.74, 6) is 0.962. The summed E-state index contributed by atoms with van der Waals surface area (Å²) < 4.78 is 20.4. The van der Waals surface area contributed by atoms with Crippen LogP contribution in [0.3, 0.4) is 0 Å². The first-order chi connectivity index (χ1) is 13.2. The van der Waals surface area contributed by atoms with Gasteiger partial charge in [-0.2, -0.15) is 0 Å². The molecule has 2 heterocycles. The Morgan fingerprint density at radius 1 is 1.22 bits per heavy atom. The van der Waals surface area contributed by atoms with E-state index < -0.39 is 0 Å². The Morgan fingerprint density at radius 3 is 2.89 bits per heavy atom. The van der Waals surface area contributed by atoms with Crippen LogP contribution in [-0.2, 0) is 0 Å². The van der Waals surface area contributed by atoms with Gasteiger partial charge < -0.3 is 15.4 Å². The second kappa shape index (κ2) is 7.48. The summed E-state index contributed by atoms with van der Waals surface area (Å²) in [6, 6.07) is 11.1. The molecule has 0 aliphatic carbocycles. The van der Waals surface area contributed by atoms with Crippen molar-refractivity contribution in [1.82, 2.24) is 15.5 Å². The molecule has 27 heavy (non-hydrogen) atoms. The number of ether oxygens (including phenoxy) is 1. The van der Waals surface area contributed by atoms with Gasteiger partial charge in [-0.05, 0) is 50.1 Å². The zero-order valence-electron chi connectivity index (χ0n) is 15.6. The van der Waals surface area contributed by atoms with Gasteiger partial charge in [0.2, 0.25) is 0 Å². The summed E-state index contributed by atoms with van der Waals surface area (Å²) in [6.45, 7) is 3.89. The molecule has 1 aromatic heterocycles. The maximum absolute atomic E-state index is 14.9. The lowest BCUT2D eigenvalue weighted by molar-refractivity contribution is 0.416. The van der Waals surface area contributed by atoms with E-state index in [-0.39, 0.29) is 11.9 Å². The number of nitrogens with zero attached hydrogens (tertiary/aromatic N) is 2. The molecule has 6 heteroatoms. The standard InChI is InChI=1S/C21H23FN4O/c1-13-8-9-15(18(11-13)27-2)20-19-16(6-3-7-17(19)22)21(26-25-20)24-14-5-4-10-23-12-14/h3,6-9,11,14,23H,4-5,10,12H2,1-2H3,(H,24,26)/t14-/m1/s1. The molecule has 0 saturated carbocycles. The highest BCUT2D eigenvalue weighted by Crippen LogP contribution is 2.37. The highest BCUT2D eigenvalue weighted by Gasteiger charge is 2.20. The summed E-state index contributed by atoms with van der Waals surface area (Å²) >= 11 is 0. The van der Waals surface area contributed by atoms with Gasteiger partial charge in [-0.25, -0.2) is 4.39 Å². The lowest BCUT2D eigenvalue weighted by Crippen LogP contribution is -2.38. The molecule has 1 aliphatic heterocycles. The van der Waals surface area contributed by atoms with E-state index in [0.29, 0.717) is 22.6 Å². The molecule has 2 aromatic carbocycles. The van der Waals surface area contributed by atoms with Crippen LogP contribution in [0, 0.1) is 12.7 Å². The fraction of sp³-hybridized carbons (Fsp3) is 0.333. The molecule has 1 atom stereocenters. The van der Waals surface area contributed by atoms with Crippen LogP contribution >= 0.6 is 0 Å². The third-order valence-corrected chi connectivity index (χ3v) is 5.01. The number of rotatable bonds is 4. The zero-order chi connectivity index (χ0) is 18.8. The molecule has 0 bridgehead atoms. The number of aromatic nitrogens is 2. The first-order valence-corrected chi connectivity index (χ1v) is 9.24. The van der Waals surface area contributed by atoms with Crippen molar-refractivity contribution >= 4 is 16.6 Å². The minimum Gasteiger partial charge on any atom is -0.496 e. The number of nitrogens with one attached hydrogen (secondary N) is 2. The Labute approximate surface area is 158 Å². The summed E-state index contributed by atoms with van der Waals surface area (Å²) in [6.07, 6.45) is 2.16. The number of anilines is 1. The molecule has 1 fully saturated rings. The van der Waals surface area contributed by atoms with E-state index in [2.05, 4.69) is 20.8 Å². The fourth-order valence-corrected chi connectivity index (χ4v) is 3.62. The molecule has 0 unspecified atom stereocenters. The molecule has 0 spiro atoms. The summed E-state index contributed by atoms with van der Waals surface area (Å²) in [4.78, 5) is 0. The molecular weight excluding hydrogens is 343 g/mol. The highest BCUT2D eigenvalue weighted by molar-refractivity contribution is 6.01. The molecule has 5 nitrogen and oxygen atoms in total. The van der Waals surface area contributed by atoms with Crippen LogP contribution in [0.1, 0.15) is 18.4 Å². The number of hydrogen-bond acceptors (Lipinski definition) is 5. The summed E-state index contributed by atoms with van der Waals surface area (Å²) in [5, 5.41) is 16.8. The Bertz CT molecular complexity index is 970. The van der Waals surface area contributed by atoms with E-state index in [1.54, 1.807) is 13.2 Å². The number of aryl methyl sites for hydroxylation is 1. The maximum Gasteiger partial charge on any atom is 0.156 e. The van der Waals surface area contributed by atoms with Crippen molar-refractivity contribution in [2.45, 2.75) is 25.8 Å². The predicted octanol–water partition coefficient (Wildman–Crippen LogP) is 3.92. The van der Waals surface area contributed by atoms with Crippen molar-refractivity contribution < 1.29 is 9.13 Å². The minimum atomic E-state index is -0.315. The van der Waals surface area contributed by atoms with E-state index in [9.17, 15) is 4.39 Å². The number of hydrogen-bond donors (Lipinski definition) is 2. The van der Waals surface area contributed by atoms with Gasteiger partial charge in [-0.1, -0.05) is 18.2 Å². The van der Waals surface area contributed by atoms with Crippen molar-refractivity contribution in [2.24, 2.45) is 0 Å². The van der Waals surface area contributed by atoms with Gasteiger partial charge >= 0.3 is 0 Å². The Kier molecular flexibility index (Phi) is 4.90. The van der Waals surface area contributed by atoms with Crippen LogP contribution in [0.5, 0.6) is 5.75 Å². The number of piperidine rings is 1. The normalized spacial score (nSPS) is 17.1. The molecule has 1 aliphatic rings. The zero-order valence-corrected chi connectivity index (χ0v) is 15.6. The van der Waals surface area contributed by atoms with Crippen LogP contribution in [0.25, 0.3) is 22.0 Å². The van der Waals surface area contributed by atoms with Gasteiger partial charge in [0.1, 0.15) is 17.3 Å². The lowest BCUT2D eigenvalue weighted by atomic mass is 10.0. The Morgan fingerprint density at radius 2 is 2.11 bits per heavy atom. The smallest absolute Gasteiger partial charge is 0.156 e. The second-order valence-electron chi connectivity index (χ2n) is 6.95. The molecule has 0 amide bonds. The fourth-order valence-electron chi connectivity index (χ4n) is 3.62. The molecule has 140 valence electrons. The van der Waals surface area contributed by atoms with Gasteiger partial charge in [0.25, 0.3) is 0 Å². The SMILES string of the molecule is COc1cc(C)ccc1-c1nnc(N[C@@H]2CCCNC2)c2cccc(F)c12. The molecular formula is C21H23FN4O. The van der Waals surface area contributed by atoms with E-state index in [0.717, 1.165) is 42.4 Å². The Balaban J connectivity index is 1.85. The van der Waals surface area contributed by atoms with Crippen LogP contribution in [0.2, 0.25) is 0 Å². The number of benzene rings is 2. The molecule has 0 radical (unpaired) electrons. The summed E-state index contributed by atoms with van der Waals surface area (Å²) in [7, 11) is 1.61. The van der Waals surface area contributed by atoms with Crippen molar-refractivity contribution in [3.63, 3.8) is 0 Å². The average molecular weight is 366 g/mol. The summed E-state index contributed by atoms with van der Waals surface area (Å²) in [5.41, 5.74) is 2.29. The third-order valence-electron chi connectivity index (χ3n) is 5.01. The maximum atomic E-state index is 14.9.